The first-order chi connectivity index (χ1) is 15.9. The van der Waals surface area contributed by atoms with Crippen molar-refractivity contribution in [1.29, 1.82) is 0 Å². The maximum atomic E-state index is 13.0. The zero-order valence-electron chi connectivity index (χ0n) is 17.5. The molecule has 2 aromatic carbocycles. The van der Waals surface area contributed by atoms with E-state index in [4.69, 9.17) is 9.47 Å². The predicted molar refractivity (Wildman–Crippen MR) is 130 cm³/mol. The zero-order valence-corrected chi connectivity index (χ0v) is 20.4. The Bertz CT molecular complexity index is 1100. The van der Waals surface area contributed by atoms with Crippen LogP contribution in [0.15, 0.2) is 47.4 Å². The number of imide groups is 1. The van der Waals surface area contributed by atoms with Crippen LogP contribution >= 0.6 is 34.4 Å². The van der Waals surface area contributed by atoms with Gasteiger partial charge in [-0.1, -0.05) is 18.2 Å². The molecule has 10 heteroatoms. The molecule has 0 N–H and O–H groups in total. The minimum absolute atomic E-state index is 0.265. The van der Waals surface area contributed by atoms with E-state index >= 15 is 0 Å². The number of amides is 3. The van der Waals surface area contributed by atoms with Crippen LogP contribution in [0.3, 0.4) is 0 Å². The first-order valence-corrected chi connectivity index (χ1v) is 12.1. The molecule has 0 atom stereocenters. The lowest BCUT2D eigenvalue weighted by Crippen LogP contribution is -2.46. The quantitative estimate of drug-likeness (QED) is 0.380. The normalized spacial score (nSPS) is 17.7. The molecule has 0 aliphatic carbocycles. The molecular weight excluding hydrogens is 562 g/mol. The third-order valence-corrected chi connectivity index (χ3v) is 6.84. The summed E-state index contributed by atoms with van der Waals surface area (Å²) in [6.07, 6.45) is 1.63. The number of hydrogen-bond acceptors (Lipinski definition) is 6. The number of hydrogen-bond donors (Lipinski definition) is 0. The highest BCUT2D eigenvalue weighted by atomic mass is 127. The number of rotatable bonds is 6. The average Bonchev–Trinajstić information content (AvgIpc) is 3.07. The molecule has 33 heavy (non-hydrogen) atoms. The van der Waals surface area contributed by atoms with Crippen molar-refractivity contribution < 1.29 is 28.2 Å². The number of carbonyl (C=O) groups is 3. The number of nitrogens with zero attached hydrogens (tertiary/aromatic N) is 2. The van der Waals surface area contributed by atoms with Gasteiger partial charge in [-0.2, -0.15) is 0 Å². The van der Waals surface area contributed by atoms with Gasteiger partial charge in [-0.15, -0.1) is 0 Å². The van der Waals surface area contributed by atoms with Gasteiger partial charge in [-0.25, -0.2) is 4.39 Å². The maximum Gasteiger partial charge on any atom is 0.294 e. The van der Waals surface area contributed by atoms with Gasteiger partial charge >= 0.3 is 0 Å². The molecule has 3 amide bonds. The van der Waals surface area contributed by atoms with E-state index < -0.39 is 11.1 Å². The summed E-state index contributed by atoms with van der Waals surface area (Å²) in [6.45, 7) is 1.85. The van der Waals surface area contributed by atoms with Crippen molar-refractivity contribution in [2.45, 2.75) is 6.61 Å². The molecule has 4 rings (SSSR count). The van der Waals surface area contributed by atoms with Gasteiger partial charge in [0.1, 0.15) is 24.7 Å². The van der Waals surface area contributed by atoms with Gasteiger partial charge in [0.25, 0.3) is 11.1 Å². The summed E-state index contributed by atoms with van der Waals surface area (Å²) in [4.78, 5) is 40.4. The SMILES string of the molecule is O=C(CN1C(=O)S/C(=C/c2ccc(OCc3ccc(F)cc3)c(I)c2)C1=O)N1CCOCC1. The fraction of sp³-hybridized carbons (Fsp3) is 0.261. The Morgan fingerprint density at radius 3 is 2.58 bits per heavy atom. The molecule has 2 saturated heterocycles. The number of halogens is 2. The first-order valence-electron chi connectivity index (χ1n) is 10.2. The molecule has 0 radical (unpaired) electrons. The average molecular weight is 582 g/mol. The Morgan fingerprint density at radius 1 is 1.15 bits per heavy atom. The van der Waals surface area contributed by atoms with Gasteiger partial charge in [0, 0.05) is 13.1 Å². The molecule has 2 aliphatic heterocycles. The topological polar surface area (TPSA) is 76.2 Å². The van der Waals surface area contributed by atoms with Crippen LogP contribution in [0.25, 0.3) is 6.08 Å². The Labute approximate surface area is 208 Å². The van der Waals surface area contributed by atoms with E-state index in [0.29, 0.717) is 38.7 Å². The second-order valence-electron chi connectivity index (χ2n) is 7.37. The van der Waals surface area contributed by atoms with Crippen molar-refractivity contribution in [2.75, 3.05) is 32.8 Å². The van der Waals surface area contributed by atoms with Crippen LogP contribution in [0.5, 0.6) is 5.75 Å². The van der Waals surface area contributed by atoms with Crippen LogP contribution in [0.2, 0.25) is 0 Å². The van der Waals surface area contributed by atoms with Crippen LogP contribution < -0.4 is 4.74 Å². The summed E-state index contributed by atoms with van der Waals surface area (Å²) in [5.74, 6) is -0.383. The first kappa shape index (κ1) is 23.7. The largest absolute Gasteiger partial charge is 0.488 e. The molecule has 172 valence electrons. The molecule has 0 spiro atoms. The van der Waals surface area contributed by atoms with Crippen LogP contribution in [0.4, 0.5) is 9.18 Å². The van der Waals surface area contributed by atoms with Gasteiger partial charge in [-0.3, -0.25) is 19.3 Å². The number of ether oxygens (including phenoxy) is 2. The Morgan fingerprint density at radius 2 is 1.88 bits per heavy atom. The number of carbonyl (C=O) groups excluding carboxylic acids is 3. The van der Waals surface area contributed by atoms with Crippen LogP contribution in [0, 0.1) is 9.39 Å². The van der Waals surface area contributed by atoms with Crippen LogP contribution in [-0.4, -0.2) is 59.7 Å². The molecule has 0 bridgehead atoms. The smallest absolute Gasteiger partial charge is 0.294 e. The van der Waals surface area contributed by atoms with Gasteiger partial charge in [0.2, 0.25) is 5.91 Å². The van der Waals surface area contributed by atoms with E-state index in [1.807, 2.05) is 6.07 Å². The zero-order chi connectivity index (χ0) is 23.4. The van der Waals surface area contributed by atoms with E-state index in [9.17, 15) is 18.8 Å². The van der Waals surface area contributed by atoms with Crippen molar-refractivity contribution in [3.8, 4) is 5.75 Å². The molecule has 2 aromatic rings. The summed E-state index contributed by atoms with van der Waals surface area (Å²) in [5.41, 5.74) is 1.58. The fourth-order valence-electron chi connectivity index (χ4n) is 3.30. The van der Waals surface area contributed by atoms with Crippen molar-refractivity contribution in [1.82, 2.24) is 9.80 Å². The Kier molecular flexibility index (Phi) is 7.66. The lowest BCUT2D eigenvalue weighted by atomic mass is 10.2. The summed E-state index contributed by atoms with van der Waals surface area (Å²) < 4.78 is 24.9. The summed E-state index contributed by atoms with van der Waals surface area (Å²) in [6, 6.07) is 11.5. The molecule has 2 aliphatic rings. The lowest BCUT2D eigenvalue weighted by Gasteiger charge is -2.28. The van der Waals surface area contributed by atoms with Crippen molar-refractivity contribution in [2.24, 2.45) is 0 Å². The molecule has 7 nitrogen and oxygen atoms in total. The number of thioether (sulfide) groups is 1. The minimum Gasteiger partial charge on any atom is -0.488 e. The molecule has 2 heterocycles. The summed E-state index contributed by atoms with van der Waals surface area (Å²) in [5, 5.41) is -0.457. The predicted octanol–water partition coefficient (Wildman–Crippen LogP) is 3.90. The third kappa shape index (κ3) is 5.92. The highest BCUT2D eigenvalue weighted by molar-refractivity contribution is 14.1. The molecule has 2 fully saturated rings. The van der Waals surface area contributed by atoms with Gasteiger partial charge in [0.05, 0.1) is 21.7 Å². The highest BCUT2D eigenvalue weighted by Gasteiger charge is 2.37. The second-order valence-corrected chi connectivity index (χ2v) is 9.52. The minimum atomic E-state index is -0.474. The molecule has 0 saturated carbocycles. The van der Waals surface area contributed by atoms with E-state index in [-0.39, 0.29) is 23.2 Å². The molecule has 0 aromatic heterocycles. The van der Waals surface area contributed by atoms with E-state index in [1.54, 1.807) is 35.2 Å². The van der Waals surface area contributed by atoms with E-state index in [2.05, 4.69) is 22.6 Å². The molecule has 0 unspecified atom stereocenters. The lowest BCUT2D eigenvalue weighted by molar-refractivity contribution is -0.139. The number of benzene rings is 2. The van der Waals surface area contributed by atoms with Gasteiger partial charge in [0.15, 0.2) is 0 Å². The van der Waals surface area contributed by atoms with Crippen LogP contribution in [0.1, 0.15) is 11.1 Å². The molecular formula is C23H20FIN2O5S. The standard InChI is InChI=1S/C23H20FIN2O5S/c24-17-4-1-15(2-5-17)14-32-19-6-3-16(11-18(19)25)12-20-22(29)27(23(30)33-20)13-21(28)26-7-9-31-10-8-26/h1-6,11-12H,7-10,13-14H2/b20-12+. The summed E-state index contributed by atoms with van der Waals surface area (Å²) in [7, 11) is 0. The fourth-order valence-corrected chi connectivity index (χ4v) is 4.83. The van der Waals surface area contributed by atoms with E-state index in [0.717, 1.165) is 31.4 Å². The van der Waals surface area contributed by atoms with Crippen molar-refractivity contribution in [3.63, 3.8) is 0 Å². The summed E-state index contributed by atoms with van der Waals surface area (Å²) >= 11 is 2.95. The highest BCUT2D eigenvalue weighted by Crippen LogP contribution is 2.33. The monoisotopic (exact) mass is 582 g/mol. The van der Waals surface area contributed by atoms with Gasteiger partial charge in [-0.05, 0) is 75.8 Å². The Balaban J connectivity index is 1.40. The Hall–Kier alpha value is -2.44. The van der Waals surface area contributed by atoms with E-state index in [1.165, 1.54) is 12.1 Å². The third-order valence-electron chi connectivity index (χ3n) is 5.09. The number of morpholine rings is 1. The van der Waals surface area contributed by atoms with Gasteiger partial charge < -0.3 is 14.4 Å². The van der Waals surface area contributed by atoms with Crippen LogP contribution in [-0.2, 0) is 20.9 Å². The second kappa shape index (κ2) is 10.7. The maximum absolute atomic E-state index is 13.0. The van der Waals surface area contributed by atoms with Crippen molar-refractivity contribution in [3.05, 3.63) is 67.9 Å². The van der Waals surface area contributed by atoms with Crippen molar-refractivity contribution >= 4 is 57.5 Å².